The third kappa shape index (κ3) is 2.87. The number of alkyl halides is 1. The second-order valence-electron chi connectivity index (χ2n) is 6.37. The SMILES string of the molecule is CCC1(Cn2c(C(C)Cl)nc3ccc(Br)cc32)CCCC1. The average Bonchev–Trinajstić information content (AvgIpc) is 3.05. The van der Waals surface area contributed by atoms with Crippen LogP contribution in [-0.4, -0.2) is 9.55 Å². The Labute approximate surface area is 140 Å². The van der Waals surface area contributed by atoms with Crippen LogP contribution in [0.2, 0.25) is 0 Å². The number of halogens is 2. The van der Waals surface area contributed by atoms with Crippen molar-refractivity contribution in [1.29, 1.82) is 0 Å². The molecule has 1 atom stereocenters. The standard InChI is InChI=1S/C17H22BrClN2/c1-3-17(8-4-5-9-17)11-21-15-10-13(18)6-7-14(15)20-16(21)12(2)19/h6-7,10,12H,3-5,8-9,11H2,1-2H3. The first-order valence-corrected chi connectivity index (χ1v) is 9.07. The maximum atomic E-state index is 6.40. The molecule has 1 fully saturated rings. The molecule has 1 unspecified atom stereocenters. The van der Waals surface area contributed by atoms with Crippen molar-refractivity contribution in [2.75, 3.05) is 0 Å². The summed E-state index contributed by atoms with van der Waals surface area (Å²) in [7, 11) is 0. The second kappa shape index (κ2) is 5.92. The first kappa shape index (κ1) is 15.4. The minimum atomic E-state index is -0.0634. The molecule has 114 valence electrons. The molecule has 1 aromatic carbocycles. The molecule has 4 heteroatoms. The van der Waals surface area contributed by atoms with Crippen LogP contribution in [0.4, 0.5) is 0 Å². The van der Waals surface area contributed by atoms with Crippen LogP contribution >= 0.6 is 27.5 Å². The van der Waals surface area contributed by atoms with E-state index < -0.39 is 0 Å². The van der Waals surface area contributed by atoms with Crippen molar-refractivity contribution in [3.05, 3.63) is 28.5 Å². The lowest BCUT2D eigenvalue weighted by Gasteiger charge is -2.29. The van der Waals surface area contributed by atoms with E-state index in [1.54, 1.807) is 0 Å². The molecular formula is C17H22BrClN2. The molecule has 0 saturated heterocycles. The predicted molar refractivity (Wildman–Crippen MR) is 92.9 cm³/mol. The highest BCUT2D eigenvalue weighted by Gasteiger charge is 2.33. The first-order chi connectivity index (χ1) is 10.0. The van der Waals surface area contributed by atoms with Gasteiger partial charge in [-0.05, 0) is 49.8 Å². The number of imidazole rings is 1. The molecule has 0 spiro atoms. The Hall–Kier alpha value is -0.540. The molecule has 1 saturated carbocycles. The van der Waals surface area contributed by atoms with Crippen molar-refractivity contribution in [3.63, 3.8) is 0 Å². The molecule has 3 rings (SSSR count). The highest BCUT2D eigenvalue weighted by molar-refractivity contribution is 9.10. The fraction of sp³-hybridized carbons (Fsp3) is 0.588. The molecule has 1 heterocycles. The maximum Gasteiger partial charge on any atom is 0.127 e. The van der Waals surface area contributed by atoms with Crippen LogP contribution < -0.4 is 0 Å². The number of rotatable bonds is 4. The summed E-state index contributed by atoms with van der Waals surface area (Å²) in [6.07, 6.45) is 6.60. The van der Waals surface area contributed by atoms with Gasteiger partial charge >= 0.3 is 0 Å². The van der Waals surface area contributed by atoms with Gasteiger partial charge < -0.3 is 4.57 Å². The van der Waals surface area contributed by atoms with Crippen LogP contribution in [0, 0.1) is 5.41 Å². The van der Waals surface area contributed by atoms with Gasteiger partial charge in [-0.1, -0.05) is 35.7 Å². The lowest BCUT2D eigenvalue weighted by atomic mass is 9.83. The molecular weight excluding hydrogens is 348 g/mol. The lowest BCUT2D eigenvalue weighted by molar-refractivity contribution is 0.237. The second-order valence-corrected chi connectivity index (χ2v) is 7.94. The zero-order valence-electron chi connectivity index (χ0n) is 12.7. The Morgan fingerprint density at radius 2 is 2.10 bits per heavy atom. The highest BCUT2D eigenvalue weighted by Crippen LogP contribution is 2.43. The topological polar surface area (TPSA) is 17.8 Å². The molecule has 0 amide bonds. The van der Waals surface area contributed by atoms with E-state index >= 15 is 0 Å². The van der Waals surface area contributed by atoms with Crippen molar-refractivity contribution < 1.29 is 0 Å². The van der Waals surface area contributed by atoms with Crippen LogP contribution in [0.3, 0.4) is 0 Å². The van der Waals surface area contributed by atoms with Crippen molar-refractivity contribution >= 4 is 38.6 Å². The summed E-state index contributed by atoms with van der Waals surface area (Å²) in [5, 5.41) is -0.0634. The number of hydrogen-bond acceptors (Lipinski definition) is 1. The Morgan fingerprint density at radius 3 is 2.71 bits per heavy atom. The van der Waals surface area contributed by atoms with Crippen molar-refractivity contribution in [2.45, 2.75) is 57.9 Å². The summed E-state index contributed by atoms with van der Waals surface area (Å²) in [5.74, 6) is 1.00. The van der Waals surface area contributed by atoms with Crippen LogP contribution in [0.15, 0.2) is 22.7 Å². The van der Waals surface area contributed by atoms with Crippen molar-refractivity contribution in [2.24, 2.45) is 5.41 Å². The van der Waals surface area contributed by atoms with Gasteiger partial charge in [0.25, 0.3) is 0 Å². The number of benzene rings is 1. The Morgan fingerprint density at radius 1 is 1.38 bits per heavy atom. The average molecular weight is 370 g/mol. The number of hydrogen-bond donors (Lipinski definition) is 0. The van der Waals surface area contributed by atoms with Gasteiger partial charge in [0.05, 0.1) is 16.4 Å². The Bertz CT molecular complexity index is 642. The van der Waals surface area contributed by atoms with Gasteiger partial charge in [-0.15, -0.1) is 11.6 Å². The third-order valence-electron chi connectivity index (χ3n) is 5.00. The predicted octanol–water partition coefficient (Wildman–Crippen LogP) is 6.07. The van der Waals surface area contributed by atoms with Gasteiger partial charge in [0.1, 0.15) is 5.82 Å². The van der Waals surface area contributed by atoms with E-state index in [4.69, 9.17) is 16.6 Å². The largest absolute Gasteiger partial charge is 0.326 e. The van der Waals surface area contributed by atoms with E-state index in [0.29, 0.717) is 5.41 Å². The van der Waals surface area contributed by atoms with Gasteiger partial charge in [-0.25, -0.2) is 4.98 Å². The smallest absolute Gasteiger partial charge is 0.127 e. The van der Waals surface area contributed by atoms with E-state index in [9.17, 15) is 0 Å². The molecule has 0 aliphatic heterocycles. The summed E-state index contributed by atoms with van der Waals surface area (Å²) in [6.45, 7) is 5.38. The molecule has 1 aliphatic rings. The highest BCUT2D eigenvalue weighted by atomic mass is 79.9. The van der Waals surface area contributed by atoms with Gasteiger partial charge in [0.2, 0.25) is 0 Å². The maximum absolute atomic E-state index is 6.40. The van der Waals surface area contributed by atoms with Crippen LogP contribution in [0.1, 0.15) is 57.2 Å². The fourth-order valence-electron chi connectivity index (χ4n) is 3.67. The number of fused-ring (bicyclic) bond motifs is 1. The minimum absolute atomic E-state index is 0.0634. The zero-order chi connectivity index (χ0) is 15.0. The quantitative estimate of drug-likeness (QED) is 0.598. The van der Waals surface area contributed by atoms with Gasteiger partial charge in [0.15, 0.2) is 0 Å². The molecule has 21 heavy (non-hydrogen) atoms. The first-order valence-electron chi connectivity index (χ1n) is 7.84. The number of aromatic nitrogens is 2. The Balaban J connectivity index is 2.10. The molecule has 2 nitrogen and oxygen atoms in total. The normalized spacial score (nSPS) is 19.2. The lowest BCUT2D eigenvalue weighted by Crippen LogP contribution is -2.24. The molecule has 0 bridgehead atoms. The van der Waals surface area contributed by atoms with Gasteiger partial charge in [0, 0.05) is 11.0 Å². The summed E-state index contributed by atoms with van der Waals surface area (Å²) < 4.78 is 3.47. The van der Waals surface area contributed by atoms with E-state index in [-0.39, 0.29) is 5.38 Å². The van der Waals surface area contributed by atoms with Gasteiger partial charge in [-0.3, -0.25) is 0 Å². The zero-order valence-corrected chi connectivity index (χ0v) is 15.0. The van der Waals surface area contributed by atoms with Gasteiger partial charge in [-0.2, -0.15) is 0 Å². The van der Waals surface area contributed by atoms with E-state index in [2.05, 4.69) is 39.6 Å². The number of nitrogens with zero attached hydrogens (tertiary/aromatic N) is 2. The summed E-state index contributed by atoms with van der Waals surface area (Å²) >= 11 is 9.98. The fourth-order valence-corrected chi connectivity index (χ4v) is 4.18. The molecule has 1 aliphatic carbocycles. The van der Waals surface area contributed by atoms with Crippen molar-refractivity contribution in [3.8, 4) is 0 Å². The third-order valence-corrected chi connectivity index (χ3v) is 5.69. The summed E-state index contributed by atoms with van der Waals surface area (Å²) in [6, 6.07) is 6.29. The van der Waals surface area contributed by atoms with Crippen molar-refractivity contribution in [1.82, 2.24) is 9.55 Å². The summed E-state index contributed by atoms with van der Waals surface area (Å²) in [4.78, 5) is 4.77. The van der Waals surface area contributed by atoms with E-state index in [0.717, 1.165) is 22.4 Å². The molecule has 0 N–H and O–H groups in total. The van der Waals surface area contributed by atoms with E-state index in [1.807, 2.05) is 13.0 Å². The Kier molecular flexibility index (Phi) is 4.33. The monoisotopic (exact) mass is 368 g/mol. The van der Waals surface area contributed by atoms with Crippen LogP contribution in [-0.2, 0) is 6.54 Å². The van der Waals surface area contributed by atoms with Crippen LogP contribution in [0.5, 0.6) is 0 Å². The minimum Gasteiger partial charge on any atom is -0.326 e. The summed E-state index contributed by atoms with van der Waals surface area (Å²) in [5.41, 5.74) is 2.67. The molecule has 0 radical (unpaired) electrons. The van der Waals surface area contributed by atoms with Crippen LogP contribution in [0.25, 0.3) is 11.0 Å². The van der Waals surface area contributed by atoms with E-state index in [1.165, 1.54) is 37.6 Å². The molecule has 1 aromatic heterocycles. The molecule has 2 aromatic rings.